The Morgan fingerprint density at radius 2 is 1.81 bits per heavy atom. The number of carbonyl (C=O) groups excluding carboxylic acids is 1. The average Bonchev–Trinajstić information content (AvgIpc) is 2.86. The lowest BCUT2D eigenvalue weighted by molar-refractivity contribution is -0.184. The standard InChI is InChI=1S/C22H40O4Si/c1-11-13-17(3)14-15-19(25-27(9,10)20(4,5)6)22(18(23)12-2)16-24-21(7,8)26-22/h11,13-15,17,19H,12,16H2,1-10H3/b13-11-,15-14+/t17-,19+,22+/m0/s1. The second kappa shape index (κ2) is 8.72. The molecule has 0 aromatic heterocycles. The molecule has 4 nitrogen and oxygen atoms in total. The average molecular weight is 397 g/mol. The molecule has 1 aliphatic rings. The normalized spacial score (nSPS) is 26.0. The van der Waals surface area contributed by atoms with E-state index in [1.54, 1.807) is 0 Å². The van der Waals surface area contributed by atoms with E-state index in [2.05, 4.69) is 52.9 Å². The minimum Gasteiger partial charge on any atom is -0.407 e. The number of hydrogen-bond acceptors (Lipinski definition) is 4. The second-order valence-electron chi connectivity index (χ2n) is 9.53. The molecule has 0 aromatic carbocycles. The molecule has 27 heavy (non-hydrogen) atoms. The third kappa shape index (κ3) is 5.86. The van der Waals surface area contributed by atoms with Crippen LogP contribution >= 0.6 is 0 Å². The first kappa shape index (κ1) is 24.3. The van der Waals surface area contributed by atoms with Crippen LogP contribution in [0.25, 0.3) is 0 Å². The molecule has 0 amide bonds. The lowest BCUT2D eigenvalue weighted by Crippen LogP contribution is -2.57. The van der Waals surface area contributed by atoms with Crippen molar-refractivity contribution in [2.75, 3.05) is 6.61 Å². The van der Waals surface area contributed by atoms with E-state index in [4.69, 9.17) is 13.9 Å². The Bertz CT molecular complexity index is 571. The molecule has 0 N–H and O–H groups in total. The van der Waals surface area contributed by atoms with E-state index < -0.39 is 25.8 Å². The summed E-state index contributed by atoms with van der Waals surface area (Å²) in [6, 6.07) is 0. The van der Waals surface area contributed by atoms with Crippen LogP contribution in [-0.2, 0) is 18.7 Å². The van der Waals surface area contributed by atoms with E-state index in [1.165, 1.54) is 0 Å². The minimum absolute atomic E-state index is 0.0272. The van der Waals surface area contributed by atoms with Crippen molar-refractivity contribution in [1.29, 1.82) is 0 Å². The summed E-state index contributed by atoms with van der Waals surface area (Å²) in [5.74, 6) is -0.521. The summed E-state index contributed by atoms with van der Waals surface area (Å²) in [7, 11) is -2.14. The van der Waals surface area contributed by atoms with Crippen LogP contribution in [0.5, 0.6) is 0 Å². The molecule has 0 saturated carbocycles. The summed E-state index contributed by atoms with van der Waals surface area (Å²) in [6.07, 6.45) is 8.17. The Morgan fingerprint density at radius 3 is 2.22 bits per heavy atom. The first-order valence-corrected chi connectivity index (χ1v) is 13.0. The summed E-state index contributed by atoms with van der Waals surface area (Å²) < 4.78 is 18.9. The van der Waals surface area contributed by atoms with Crippen molar-refractivity contribution in [2.24, 2.45) is 5.92 Å². The van der Waals surface area contributed by atoms with E-state index in [0.29, 0.717) is 6.42 Å². The fourth-order valence-corrected chi connectivity index (χ4v) is 4.20. The van der Waals surface area contributed by atoms with Crippen molar-refractivity contribution in [1.82, 2.24) is 0 Å². The molecule has 0 radical (unpaired) electrons. The van der Waals surface area contributed by atoms with Crippen molar-refractivity contribution in [3.63, 3.8) is 0 Å². The second-order valence-corrected chi connectivity index (χ2v) is 14.3. The van der Waals surface area contributed by atoms with Gasteiger partial charge in [-0.05, 0) is 44.8 Å². The van der Waals surface area contributed by atoms with Crippen LogP contribution in [0, 0.1) is 5.92 Å². The molecule has 1 rings (SSSR count). The summed E-state index contributed by atoms with van der Waals surface area (Å²) in [5, 5.41) is 0.0272. The van der Waals surface area contributed by atoms with Gasteiger partial charge in [0.2, 0.25) is 0 Å². The maximum Gasteiger partial charge on any atom is 0.193 e. The number of ketones is 1. The molecule has 1 aliphatic heterocycles. The fraction of sp³-hybridized carbons (Fsp3) is 0.773. The van der Waals surface area contributed by atoms with Crippen LogP contribution in [0.2, 0.25) is 18.1 Å². The van der Waals surface area contributed by atoms with Gasteiger partial charge in [0, 0.05) is 6.42 Å². The first-order chi connectivity index (χ1) is 12.2. The molecule has 0 bridgehead atoms. The van der Waals surface area contributed by atoms with Crippen LogP contribution in [-0.4, -0.2) is 38.2 Å². The van der Waals surface area contributed by atoms with Gasteiger partial charge in [0.1, 0.15) is 6.10 Å². The van der Waals surface area contributed by atoms with Gasteiger partial charge in [-0.2, -0.15) is 0 Å². The monoisotopic (exact) mass is 396 g/mol. The van der Waals surface area contributed by atoms with Crippen molar-refractivity contribution in [3.8, 4) is 0 Å². The number of rotatable bonds is 8. The maximum absolute atomic E-state index is 13.1. The van der Waals surface area contributed by atoms with Gasteiger partial charge < -0.3 is 13.9 Å². The summed E-state index contributed by atoms with van der Waals surface area (Å²) >= 11 is 0. The highest BCUT2D eigenvalue weighted by molar-refractivity contribution is 6.74. The van der Waals surface area contributed by atoms with E-state index >= 15 is 0 Å². The molecular weight excluding hydrogens is 356 g/mol. The van der Waals surface area contributed by atoms with Gasteiger partial charge in [-0.25, -0.2) is 0 Å². The van der Waals surface area contributed by atoms with Gasteiger partial charge in [-0.15, -0.1) is 0 Å². The fourth-order valence-electron chi connectivity index (χ4n) is 2.94. The Hall–Kier alpha value is -0.753. The molecule has 1 fully saturated rings. The summed E-state index contributed by atoms with van der Waals surface area (Å²) in [5.41, 5.74) is -1.10. The number of ether oxygens (including phenoxy) is 2. The number of Topliss-reactive ketones (excluding diaryl/α,β-unsaturated/α-hetero) is 1. The van der Waals surface area contributed by atoms with Crippen LogP contribution in [0.3, 0.4) is 0 Å². The number of allylic oxidation sites excluding steroid dienone is 3. The van der Waals surface area contributed by atoms with Gasteiger partial charge >= 0.3 is 0 Å². The van der Waals surface area contributed by atoms with Gasteiger partial charge in [0.05, 0.1) is 6.61 Å². The van der Waals surface area contributed by atoms with Gasteiger partial charge in [0.15, 0.2) is 25.5 Å². The van der Waals surface area contributed by atoms with Crippen LogP contribution in [0.15, 0.2) is 24.3 Å². The van der Waals surface area contributed by atoms with Crippen molar-refractivity contribution in [3.05, 3.63) is 24.3 Å². The molecule has 5 heteroatoms. The lowest BCUT2D eigenvalue weighted by atomic mass is 9.90. The molecule has 0 aliphatic carbocycles. The predicted molar refractivity (Wildman–Crippen MR) is 114 cm³/mol. The van der Waals surface area contributed by atoms with Crippen molar-refractivity contribution >= 4 is 14.1 Å². The molecule has 156 valence electrons. The van der Waals surface area contributed by atoms with Gasteiger partial charge in [-0.1, -0.05) is 58.9 Å². The third-order valence-electron chi connectivity index (χ3n) is 5.63. The zero-order valence-electron chi connectivity index (χ0n) is 19.0. The topological polar surface area (TPSA) is 44.8 Å². The van der Waals surface area contributed by atoms with E-state index in [1.807, 2.05) is 39.8 Å². The predicted octanol–water partition coefficient (Wildman–Crippen LogP) is 5.65. The van der Waals surface area contributed by atoms with E-state index in [-0.39, 0.29) is 23.3 Å². The third-order valence-corrected chi connectivity index (χ3v) is 10.1. The SMILES string of the molecule is C/C=C\[C@H](C)/C=C/[C@@H](O[Si](C)(C)C(C)(C)C)[C@]1(C(=O)CC)COC(C)(C)O1. The molecule has 0 unspecified atom stereocenters. The van der Waals surface area contributed by atoms with Crippen molar-refractivity contribution in [2.45, 2.75) is 97.4 Å². The Morgan fingerprint density at radius 1 is 1.22 bits per heavy atom. The first-order valence-electron chi connectivity index (χ1n) is 10.1. The molecule has 3 atom stereocenters. The zero-order chi connectivity index (χ0) is 21.1. The highest BCUT2D eigenvalue weighted by Crippen LogP contribution is 2.42. The number of hydrogen-bond donors (Lipinski definition) is 0. The zero-order valence-corrected chi connectivity index (χ0v) is 20.0. The molecule has 0 spiro atoms. The minimum atomic E-state index is -2.14. The van der Waals surface area contributed by atoms with E-state index in [9.17, 15) is 4.79 Å². The quantitative estimate of drug-likeness (QED) is 0.393. The maximum atomic E-state index is 13.1. The molecular formula is C22H40O4Si. The Labute approximate surface area is 167 Å². The van der Waals surface area contributed by atoms with Crippen LogP contribution < -0.4 is 0 Å². The van der Waals surface area contributed by atoms with Crippen LogP contribution in [0.1, 0.15) is 61.8 Å². The molecule has 1 saturated heterocycles. The number of carbonyl (C=O) groups is 1. The van der Waals surface area contributed by atoms with Crippen molar-refractivity contribution < 1.29 is 18.7 Å². The Kier molecular flexibility index (Phi) is 7.85. The van der Waals surface area contributed by atoms with Gasteiger partial charge in [0.25, 0.3) is 0 Å². The smallest absolute Gasteiger partial charge is 0.193 e. The largest absolute Gasteiger partial charge is 0.407 e. The van der Waals surface area contributed by atoms with Crippen LogP contribution in [0.4, 0.5) is 0 Å². The highest BCUT2D eigenvalue weighted by atomic mass is 28.4. The lowest BCUT2D eigenvalue weighted by Gasteiger charge is -2.43. The molecule has 0 aromatic rings. The highest BCUT2D eigenvalue weighted by Gasteiger charge is 2.56. The summed E-state index contributed by atoms with van der Waals surface area (Å²) in [4.78, 5) is 13.1. The molecule has 1 heterocycles. The summed E-state index contributed by atoms with van der Waals surface area (Å²) in [6.45, 7) is 20.9. The Balaban J connectivity index is 3.38. The van der Waals surface area contributed by atoms with E-state index in [0.717, 1.165) is 0 Å². The van der Waals surface area contributed by atoms with Gasteiger partial charge in [-0.3, -0.25) is 4.79 Å².